The maximum Gasteiger partial charge on any atom is 0.193 e. The Bertz CT molecular complexity index is 799. The molecule has 0 spiro atoms. The molecule has 0 aromatic heterocycles. The van der Waals surface area contributed by atoms with Crippen LogP contribution in [0.1, 0.15) is 35.4 Å². The number of fused-ring (bicyclic) bond motifs is 1. The Morgan fingerprint density at radius 1 is 1.20 bits per heavy atom. The van der Waals surface area contributed by atoms with Crippen molar-refractivity contribution in [1.82, 2.24) is 0 Å². The molecule has 0 saturated heterocycles. The Morgan fingerprint density at radius 3 is 2.96 bits per heavy atom. The molecule has 0 amide bonds. The predicted molar refractivity (Wildman–Crippen MR) is 102 cm³/mol. The van der Waals surface area contributed by atoms with Crippen LogP contribution in [0.2, 0.25) is 0 Å². The van der Waals surface area contributed by atoms with Crippen LogP contribution in [0.4, 0.5) is 5.69 Å². The number of aryl methyl sites for hydroxylation is 2. The second kappa shape index (κ2) is 6.79. The van der Waals surface area contributed by atoms with Gasteiger partial charge in [-0.2, -0.15) is 0 Å². The SMILES string of the molecule is COc1cccc([C@@H]2C[C@H]2CN=C(N)Nc2ccc3c(c2)CCC3)c1. The summed E-state index contributed by atoms with van der Waals surface area (Å²) in [6, 6.07) is 14.8. The summed E-state index contributed by atoms with van der Waals surface area (Å²) in [5.74, 6) is 2.58. The van der Waals surface area contributed by atoms with Crippen molar-refractivity contribution in [2.75, 3.05) is 19.0 Å². The first-order chi connectivity index (χ1) is 12.2. The summed E-state index contributed by atoms with van der Waals surface area (Å²) in [7, 11) is 1.71. The normalized spacial score (nSPS) is 21.7. The van der Waals surface area contributed by atoms with Gasteiger partial charge in [-0.15, -0.1) is 0 Å². The predicted octanol–water partition coefficient (Wildman–Crippen LogP) is 3.71. The number of rotatable bonds is 5. The molecule has 2 aliphatic carbocycles. The highest BCUT2D eigenvalue weighted by Crippen LogP contribution is 2.48. The lowest BCUT2D eigenvalue weighted by molar-refractivity contribution is 0.414. The molecule has 1 fully saturated rings. The Balaban J connectivity index is 1.33. The monoisotopic (exact) mass is 335 g/mol. The highest BCUT2D eigenvalue weighted by atomic mass is 16.5. The maximum atomic E-state index is 6.08. The van der Waals surface area contributed by atoms with E-state index in [1.165, 1.54) is 42.4 Å². The number of nitrogens with one attached hydrogen (secondary N) is 1. The van der Waals surface area contributed by atoms with Crippen molar-refractivity contribution in [3.05, 3.63) is 59.2 Å². The smallest absolute Gasteiger partial charge is 0.193 e. The van der Waals surface area contributed by atoms with Gasteiger partial charge in [0.15, 0.2) is 5.96 Å². The second-order valence-electron chi connectivity index (χ2n) is 7.07. The quantitative estimate of drug-likeness (QED) is 0.647. The number of nitrogens with zero attached hydrogens (tertiary/aromatic N) is 1. The standard InChI is InChI=1S/C21H25N3O/c1-25-19-7-3-6-16(11-19)20-12-17(20)13-23-21(22)24-18-9-8-14-4-2-5-15(14)10-18/h3,6-11,17,20H,2,4-5,12-13H2,1H3,(H3,22,23,24)/t17-,20-/m0/s1. The Labute approximate surface area is 149 Å². The molecule has 0 unspecified atom stereocenters. The number of guanidine groups is 1. The fourth-order valence-electron chi connectivity index (χ4n) is 3.78. The van der Waals surface area contributed by atoms with Gasteiger partial charge in [0.25, 0.3) is 0 Å². The first-order valence-corrected chi connectivity index (χ1v) is 9.05. The van der Waals surface area contributed by atoms with Gasteiger partial charge < -0.3 is 15.8 Å². The van der Waals surface area contributed by atoms with Gasteiger partial charge in [-0.1, -0.05) is 18.2 Å². The third-order valence-electron chi connectivity index (χ3n) is 5.31. The minimum Gasteiger partial charge on any atom is -0.497 e. The van der Waals surface area contributed by atoms with E-state index >= 15 is 0 Å². The van der Waals surface area contributed by atoms with Crippen LogP contribution in [0.15, 0.2) is 47.5 Å². The lowest BCUT2D eigenvalue weighted by Gasteiger charge is -2.08. The van der Waals surface area contributed by atoms with Crippen molar-refractivity contribution >= 4 is 11.6 Å². The number of hydrogen-bond donors (Lipinski definition) is 2. The van der Waals surface area contributed by atoms with E-state index in [1.54, 1.807) is 7.11 Å². The average molecular weight is 335 g/mol. The first kappa shape index (κ1) is 16.0. The third-order valence-corrected chi connectivity index (χ3v) is 5.31. The fourth-order valence-corrected chi connectivity index (χ4v) is 3.78. The highest BCUT2D eigenvalue weighted by Gasteiger charge is 2.38. The lowest BCUT2D eigenvalue weighted by Crippen LogP contribution is -2.23. The molecule has 0 heterocycles. The largest absolute Gasteiger partial charge is 0.497 e. The molecular formula is C21H25N3O. The summed E-state index contributed by atoms with van der Waals surface area (Å²) in [4.78, 5) is 4.55. The molecule has 4 heteroatoms. The van der Waals surface area contributed by atoms with E-state index in [0.717, 1.165) is 18.0 Å². The van der Waals surface area contributed by atoms with Crippen molar-refractivity contribution in [3.63, 3.8) is 0 Å². The topological polar surface area (TPSA) is 59.6 Å². The number of hydrogen-bond acceptors (Lipinski definition) is 2. The van der Waals surface area contributed by atoms with Crippen LogP contribution in [0, 0.1) is 5.92 Å². The van der Waals surface area contributed by atoms with E-state index in [4.69, 9.17) is 10.5 Å². The van der Waals surface area contributed by atoms with Crippen LogP contribution in [0.5, 0.6) is 5.75 Å². The van der Waals surface area contributed by atoms with Gasteiger partial charge in [-0.05, 0) is 78.5 Å². The van der Waals surface area contributed by atoms with E-state index in [2.05, 4.69) is 46.7 Å². The summed E-state index contributed by atoms with van der Waals surface area (Å²) in [5, 5.41) is 3.24. The van der Waals surface area contributed by atoms with Crippen molar-refractivity contribution in [2.24, 2.45) is 16.6 Å². The van der Waals surface area contributed by atoms with Crippen molar-refractivity contribution < 1.29 is 4.74 Å². The molecule has 1 saturated carbocycles. The molecule has 130 valence electrons. The van der Waals surface area contributed by atoms with Gasteiger partial charge >= 0.3 is 0 Å². The molecule has 0 bridgehead atoms. The van der Waals surface area contributed by atoms with E-state index in [-0.39, 0.29) is 0 Å². The molecule has 2 aliphatic rings. The average Bonchev–Trinajstić information content (AvgIpc) is 3.27. The Morgan fingerprint density at radius 2 is 2.08 bits per heavy atom. The highest BCUT2D eigenvalue weighted by molar-refractivity contribution is 5.92. The summed E-state index contributed by atoms with van der Waals surface area (Å²) < 4.78 is 5.31. The van der Waals surface area contributed by atoms with Crippen LogP contribution in [0.25, 0.3) is 0 Å². The number of ether oxygens (including phenoxy) is 1. The Hall–Kier alpha value is -2.49. The molecule has 25 heavy (non-hydrogen) atoms. The zero-order chi connectivity index (χ0) is 17.2. The number of nitrogens with two attached hydrogens (primary N) is 1. The molecule has 2 aromatic carbocycles. The molecule has 3 N–H and O–H groups in total. The molecule has 4 nitrogen and oxygen atoms in total. The van der Waals surface area contributed by atoms with Gasteiger partial charge in [0, 0.05) is 12.2 Å². The number of benzene rings is 2. The fraction of sp³-hybridized carbons (Fsp3) is 0.381. The van der Waals surface area contributed by atoms with E-state index in [0.29, 0.717) is 17.8 Å². The number of anilines is 1. The molecular weight excluding hydrogens is 310 g/mol. The molecule has 0 aliphatic heterocycles. The maximum absolute atomic E-state index is 6.08. The molecule has 0 radical (unpaired) electrons. The second-order valence-corrected chi connectivity index (χ2v) is 7.07. The lowest BCUT2D eigenvalue weighted by atomic mass is 10.1. The van der Waals surface area contributed by atoms with Crippen molar-refractivity contribution in [3.8, 4) is 5.75 Å². The Kier molecular flexibility index (Phi) is 4.35. The molecule has 2 aromatic rings. The molecule has 2 atom stereocenters. The van der Waals surface area contributed by atoms with Crippen molar-refractivity contribution in [2.45, 2.75) is 31.6 Å². The zero-order valence-corrected chi connectivity index (χ0v) is 14.7. The zero-order valence-electron chi connectivity index (χ0n) is 14.7. The van der Waals surface area contributed by atoms with Gasteiger partial charge in [0.2, 0.25) is 0 Å². The summed E-state index contributed by atoms with van der Waals surface area (Å²) >= 11 is 0. The van der Waals surface area contributed by atoms with Gasteiger partial charge in [0.05, 0.1) is 7.11 Å². The van der Waals surface area contributed by atoms with Crippen LogP contribution in [-0.4, -0.2) is 19.6 Å². The van der Waals surface area contributed by atoms with Gasteiger partial charge in [0.1, 0.15) is 5.75 Å². The van der Waals surface area contributed by atoms with Gasteiger partial charge in [-0.3, -0.25) is 4.99 Å². The van der Waals surface area contributed by atoms with E-state index in [1.807, 2.05) is 6.07 Å². The number of aliphatic imine (C=N–C) groups is 1. The van der Waals surface area contributed by atoms with Crippen LogP contribution in [-0.2, 0) is 12.8 Å². The van der Waals surface area contributed by atoms with Crippen LogP contribution in [0.3, 0.4) is 0 Å². The minimum absolute atomic E-state index is 0.509. The van der Waals surface area contributed by atoms with E-state index in [9.17, 15) is 0 Å². The summed E-state index contributed by atoms with van der Waals surface area (Å²) in [5.41, 5.74) is 11.4. The van der Waals surface area contributed by atoms with Crippen LogP contribution < -0.4 is 15.8 Å². The minimum atomic E-state index is 0.509. The summed E-state index contributed by atoms with van der Waals surface area (Å²) in [6.45, 7) is 0.769. The number of methoxy groups -OCH3 is 1. The van der Waals surface area contributed by atoms with E-state index < -0.39 is 0 Å². The third kappa shape index (κ3) is 3.63. The summed E-state index contributed by atoms with van der Waals surface area (Å²) in [6.07, 6.45) is 4.80. The van der Waals surface area contributed by atoms with Crippen LogP contribution >= 0.6 is 0 Å². The first-order valence-electron chi connectivity index (χ1n) is 9.05. The molecule has 4 rings (SSSR count). The van der Waals surface area contributed by atoms with Gasteiger partial charge in [-0.25, -0.2) is 0 Å². The van der Waals surface area contributed by atoms with Crippen molar-refractivity contribution in [1.29, 1.82) is 0 Å².